The highest BCUT2D eigenvalue weighted by Gasteiger charge is 2.36. The van der Waals surface area contributed by atoms with Crippen LogP contribution >= 0.6 is 0 Å². The van der Waals surface area contributed by atoms with Crippen molar-refractivity contribution in [3.05, 3.63) is 41.7 Å². The van der Waals surface area contributed by atoms with E-state index in [9.17, 15) is 18.0 Å². The molecule has 0 radical (unpaired) electrons. The van der Waals surface area contributed by atoms with E-state index in [1.165, 1.54) is 13.4 Å². The van der Waals surface area contributed by atoms with Crippen LogP contribution in [0.2, 0.25) is 0 Å². The van der Waals surface area contributed by atoms with Crippen molar-refractivity contribution >= 4 is 5.91 Å². The molecule has 24 heavy (non-hydrogen) atoms. The molecule has 1 saturated heterocycles. The fourth-order valence-corrected chi connectivity index (χ4v) is 2.92. The van der Waals surface area contributed by atoms with Crippen LogP contribution in [0.3, 0.4) is 0 Å². The van der Waals surface area contributed by atoms with Crippen molar-refractivity contribution in [1.82, 2.24) is 24.6 Å². The van der Waals surface area contributed by atoms with Gasteiger partial charge in [-0.3, -0.25) is 9.48 Å². The second-order valence-electron chi connectivity index (χ2n) is 5.74. The lowest BCUT2D eigenvalue weighted by molar-refractivity contribution is -0.143. The maximum atomic E-state index is 12.8. The van der Waals surface area contributed by atoms with Gasteiger partial charge < -0.3 is 4.90 Å². The van der Waals surface area contributed by atoms with E-state index in [1.54, 1.807) is 11.1 Å². The van der Waals surface area contributed by atoms with Gasteiger partial charge in [-0.05, 0) is 18.9 Å². The molecule has 1 amide bonds. The highest BCUT2D eigenvalue weighted by molar-refractivity contribution is 5.92. The lowest BCUT2D eigenvalue weighted by Gasteiger charge is -2.31. The number of nitrogens with zero attached hydrogens (tertiary/aromatic N) is 5. The molecule has 0 spiro atoms. The number of likely N-dealkylation sites (tertiary alicyclic amines) is 1. The molecule has 6 nitrogen and oxygen atoms in total. The summed E-state index contributed by atoms with van der Waals surface area (Å²) in [4.78, 5) is 22.0. The SMILES string of the molecule is Cn1nc(C(=O)N2CCC(c3ccncn3)CC2)cc1C(F)(F)F. The summed E-state index contributed by atoms with van der Waals surface area (Å²) in [6, 6.07) is 2.65. The number of piperidine rings is 1. The first-order chi connectivity index (χ1) is 11.4. The number of halogens is 3. The van der Waals surface area contributed by atoms with E-state index in [2.05, 4.69) is 15.1 Å². The number of amides is 1. The Kier molecular flexibility index (Phi) is 4.25. The fourth-order valence-electron chi connectivity index (χ4n) is 2.92. The molecule has 0 saturated carbocycles. The van der Waals surface area contributed by atoms with Crippen LogP contribution in [-0.2, 0) is 13.2 Å². The number of carbonyl (C=O) groups is 1. The summed E-state index contributed by atoms with van der Waals surface area (Å²) >= 11 is 0. The van der Waals surface area contributed by atoms with Crippen molar-refractivity contribution in [3.63, 3.8) is 0 Å². The van der Waals surface area contributed by atoms with Crippen molar-refractivity contribution in [3.8, 4) is 0 Å². The minimum atomic E-state index is -4.53. The molecule has 128 valence electrons. The standard InChI is InChI=1S/C15H16F3N5O/c1-22-13(15(16,17)18)8-12(21-22)14(24)23-6-3-10(4-7-23)11-2-5-19-9-20-11/h2,5,8-10H,3-4,6-7H2,1H3. The van der Waals surface area contributed by atoms with E-state index in [4.69, 9.17) is 0 Å². The van der Waals surface area contributed by atoms with Crippen LogP contribution in [0.25, 0.3) is 0 Å². The summed E-state index contributed by atoms with van der Waals surface area (Å²) in [6.45, 7) is 0.927. The summed E-state index contributed by atoms with van der Waals surface area (Å²) in [5.41, 5.74) is -0.179. The number of rotatable bonds is 2. The predicted molar refractivity (Wildman–Crippen MR) is 78.1 cm³/mol. The first kappa shape index (κ1) is 16.4. The Morgan fingerprint density at radius 3 is 2.54 bits per heavy atom. The van der Waals surface area contributed by atoms with Crippen molar-refractivity contribution in [2.45, 2.75) is 24.9 Å². The highest BCUT2D eigenvalue weighted by Crippen LogP contribution is 2.30. The lowest BCUT2D eigenvalue weighted by Crippen LogP contribution is -2.38. The van der Waals surface area contributed by atoms with Gasteiger partial charge in [0.15, 0.2) is 5.69 Å². The maximum Gasteiger partial charge on any atom is 0.433 e. The Morgan fingerprint density at radius 1 is 1.29 bits per heavy atom. The fraction of sp³-hybridized carbons (Fsp3) is 0.467. The number of carbonyl (C=O) groups excluding carboxylic acids is 1. The Labute approximate surface area is 136 Å². The first-order valence-corrected chi connectivity index (χ1v) is 7.52. The summed E-state index contributed by atoms with van der Waals surface area (Å²) in [5, 5.41) is 3.71. The van der Waals surface area contributed by atoms with Crippen LogP contribution in [0.5, 0.6) is 0 Å². The maximum absolute atomic E-state index is 12.8. The number of hydrogen-bond donors (Lipinski definition) is 0. The van der Waals surface area contributed by atoms with Crippen molar-refractivity contribution in [2.75, 3.05) is 13.1 Å². The average molecular weight is 339 g/mol. The van der Waals surface area contributed by atoms with Gasteiger partial charge in [0, 0.05) is 44.0 Å². The van der Waals surface area contributed by atoms with E-state index < -0.39 is 17.8 Å². The molecule has 3 rings (SSSR count). The Balaban J connectivity index is 1.68. The van der Waals surface area contributed by atoms with Crippen molar-refractivity contribution < 1.29 is 18.0 Å². The molecule has 0 atom stereocenters. The van der Waals surface area contributed by atoms with Gasteiger partial charge in [0.05, 0.1) is 0 Å². The molecule has 2 aromatic rings. The lowest BCUT2D eigenvalue weighted by atomic mass is 9.93. The molecule has 9 heteroatoms. The van der Waals surface area contributed by atoms with Crippen LogP contribution in [0.4, 0.5) is 13.2 Å². The molecular weight excluding hydrogens is 323 g/mol. The summed E-state index contributed by atoms with van der Waals surface area (Å²) < 4.78 is 39.1. The minimum Gasteiger partial charge on any atom is -0.337 e. The molecule has 0 N–H and O–H groups in total. The van der Waals surface area contributed by atoms with Crippen LogP contribution in [-0.4, -0.2) is 43.6 Å². The van der Waals surface area contributed by atoms with Gasteiger partial charge in [-0.2, -0.15) is 18.3 Å². The molecule has 2 aromatic heterocycles. The van der Waals surface area contributed by atoms with Gasteiger partial charge in [-0.25, -0.2) is 9.97 Å². The van der Waals surface area contributed by atoms with Gasteiger partial charge in [0.2, 0.25) is 0 Å². The Bertz CT molecular complexity index is 720. The molecule has 1 aliphatic heterocycles. The molecule has 0 unspecified atom stereocenters. The molecule has 1 aliphatic rings. The molecule has 0 aromatic carbocycles. The molecule has 0 bridgehead atoms. The molecule has 3 heterocycles. The quantitative estimate of drug-likeness (QED) is 0.842. The number of hydrogen-bond acceptors (Lipinski definition) is 4. The van der Waals surface area contributed by atoms with Gasteiger partial charge >= 0.3 is 6.18 Å². The minimum absolute atomic E-state index is 0.176. The largest absolute Gasteiger partial charge is 0.433 e. The summed E-state index contributed by atoms with van der Waals surface area (Å²) in [7, 11) is 1.18. The van der Waals surface area contributed by atoms with E-state index in [0.717, 1.165) is 11.8 Å². The number of aryl methyl sites for hydroxylation is 1. The monoisotopic (exact) mass is 339 g/mol. The van der Waals surface area contributed by atoms with E-state index in [-0.39, 0.29) is 11.6 Å². The first-order valence-electron chi connectivity index (χ1n) is 7.52. The van der Waals surface area contributed by atoms with Crippen LogP contribution in [0.1, 0.15) is 40.6 Å². The van der Waals surface area contributed by atoms with Gasteiger partial charge in [-0.15, -0.1) is 0 Å². The molecular formula is C15H16F3N5O. The zero-order valence-electron chi connectivity index (χ0n) is 13.0. The highest BCUT2D eigenvalue weighted by atomic mass is 19.4. The normalized spacial score (nSPS) is 16.4. The summed E-state index contributed by atoms with van der Waals surface area (Å²) in [5.74, 6) is -0.242. The van der Waals surface area contributed by atoms with Crippen LogP contribution < -0.4 is 0 Å². The van der Waals surface area contributed by atoms with Crippen LogP contribution in [0, 0.1) is 0 Å². The Hall–Kier alpha value is -2.45. The van der Waals surface area contributed by atoms with Crippen molar-refractivity contribution in [1.29, 1.82) is 0 Å². The average Bonchev–Trinajstić information content (AvgIpc) is 2.97. The molecule has 1 fully saturated rings. The van der Waals surface area contributed by atoms with Gasteiger partial charge in [0.1, 0.15) is 12.0 Å². The van der Waals surface area contributed by atoms with Crippen molar-refractivity contribution in [2.24, 2.45) is 7.05 Å². The molecule has 0 aliphatic carbocycles. The smallest absolute Gasteiger partial charge is 0.337 e. The predicted octanol–water partition coefficient (Wildman–Crippen LogP) is 2.25. The van der Waals surface area contributed by atoms with Crippen LogP contribution in [0.15, 0.2) is 24.7 Å². The number of aromatic nitrogens is 4. The van der Waals surface area contributed by atoms with E-state index in [0.29, 0.717) is 30.6 Å². The summed E-state index contributed by atoms with van der Waals surface area (Å²) in [6.07, 6.45) is 0.0511. The second kappa shape index (κ2) is 6.21. The zero-order chi connectivity index (χ0) is 17.3. The third kappa shape index (κ3) is 3.24. The van der Waals surface area contributed by atoms with E-state index in [1.807, 2.05) is 6.07 Å². The third-order valence-electron chi connectivity index (χ3n) is 4.19. The van der Waals surface area contributed by atoms with Gasteiger partial charge in [0.25, 0.3) is 5.91 Å². The zero-order valence-corrected chi connectivity index (χ0v) is 13.0. The third-order valence-corrected chi connectivity index (χ3v) is 4.19. The topological polar surface area (TPSA) is 63.9 Å². The second-order valence-corrected chi connectivity index (χ2v) is 5.74. The van der Waals surface area contributed by atoms with E-state index >= 15 is 0 Å². The Morgan fingerprint density at radius 2 is 2.00 bits per heavy atom. The number of alkyl halides is 3. The van der Waals surface area contributed by atoms with Gasteiger partial charge in [-0.1, -0.05) is 0 Å².